The zero-order valence-electron chi connectivity index (χ0n) is 11.6. The molecule has 0 amide bonds. The average Bonchev–Trinajstić information content (AvgIpc) is 2.70. The van der Waals surface area contributed by atoms with Crippen molar-refractivity contribution >= 4 is 31.9 Å². The number of aryl methyl sites for hydroxylation is 2. The van der Waals surface area contributed by atoms with Crippen molar-refractivity contribution in [1.29, 1.82) is 0 Å². The van der Waals surface area contributed by atoms with Gasteiger partial charge in [-0.25, -0.2) is 0 Å². The lowest BCUT2D eigenvalue weighted by Gasteiger charge is -2.12. The number of rotatable bonds is 5. The van der Waals surface area contributed by atoms with Crippen LogP contribution in [0.25, 0.3) is 0 Å². The molecule has 0 N–H and O–H groups in total. The Kier molecular flexibility index (Phi) is 5.10. The number of hydrogen-bond acceptors (Lipinski definition) is 3. The second-order valence-corrected chi connectivity index (χ2v) is 5.73. The molecule has 0 unspecified atom stereocenters. The van der Waals surface area contributed by atoms with E-state index in [4.69, 9.17) is 9.47 Å². The van der Waals surface area contributed by atoms with Crippen LogP contribution < -0.4 is 9.47 Å². The number of aromatic nitrogens is 2. The molecular weight excluding hydrogens is 388 g/mol. The number of alkyl halides is 1. The Morgan fingerprint density at radius 2 is 2.05 bits per heavy atom. The van der Waals surface area contributed by atoms with Gasteiger partial charge in [0.2, 0.25) is 0 Å². The Morgan fingerprint density at radius 3 is 2.60 bits per heavy atom. The maximum absolute atomic E-state index is 5.89. The highest BCUT2D eigenvalue weighted by Crippen LogP contribution is 2.30. The first-order chi connectivity index (χ1) is 9.56. The fraction of sp³-hybridized carbons (Fsp3) is 0.357. The van der Waals surface area contributed by atoms with E-state index >= 15 is 0 Å². The summed E-state index contributed by atoms with van der Waals surface area (Å²) in [6, 6.07) is 5.89. The van der Waals surface area contributed by atoms with Crippen molar-refractivity contribution in [3.05, 3.63) is 39.6 Å². The average molecular weight is 404 g/mol. The Morgan fingerprint density at radius 1 is 1.30 bits per heavy atom. The van der Waals surface area contributed by atoms with Crippen LogP contribution in [0.1, 0.15) is 17.0 Å². The van der Waals surface area contributed by atoms with Gasteiger partial charge in [0.05, 0.1) is 23.0 Å². The third-order valence-corrected chi connectivity index (χ3v) is 4.69. The fourth-order valence-corrected chi connectivity index (χ4v) is 2.70. The van der Waals surface area contributed by atoms with Gasteiger partial charge in [0, 0.05) is 12.4 Å². The molecule has 6 heteroatoms. The van der Waals surface area contributed by atoms with Crippen molar-refractivity contribution in [2.75, 3.05) is 7.11 Å². The zero-order valence-corrected chi connectivity index (χ0v) is 14.8. The number of ether oxygens (including phenoxy) is 2. The summed E-state index contributed by atoms with van der Waals surface area (Å²) in [5.74, 6) is 1.46. The van der Waals surface area contributed by atoms with E-state index in [0.29, 0.717) is 6.61 Å². The van der Waals surface area contributed by atoms with Crippen LogP contribution in [0.5, 0.6) is 11.5 Å². The molecular formula is C14H16Br2N2O2. The molecule has 0 fully saturated rings. The van der Waals surface area contributed by atoms with Gasteiger partial charge in [-0.3, -0.25) is 4.68 Å². The fourth-order valence-electron chi connectivity index (χ4n) is 1.90. The Balaban J connectivity index is 2.21. The van der Waals surface area contributed by atoms with Gasteiger partial charge in [-0.1, -0.05) is 22.0 Å². The van der Waals surface area contributed by atoms with E-state index in [0.717, 1.165) is 38.3 Å². The van der Waals surface area contributed by atoms with Crippen LogP contribution in [0, 0.1) is 6.92 Å². The molecule has 1 aromatic carbocycles. The highest BCUT2D eigenvalue weighted by atomic mass is 79.9. The summed E-state index contributed by atoms with van der Waals surface area (Å²) in [4.78, 5) is 0. The summed E-state index contributed by atoms with van der Waals surface area (Å²) in [6.45, 7) is 2.39. The minimum atomic E-state index is 0.431. The van der Waals surface area contributed by atoms with E-state index < -0.39 is 0 Å². The maximum Gasteiger partial charge on any atom is 0.162 e. The van der Waals surface area contributed by atoms with Crippen LogP contribution in [-0.2, 0) is 19.0 Å². The SMILES string of the molecule is COc1ccc(CBr)cc1OCc1c(Br)c(C)nn1C. The summed E-state index contributed by atoms with van der Waals surface area (Å²) in [7, 11) is 3.54. The molecule has 4 nitrogen and oxygen atoms in total. The topological polar surface area (TPSA) is 36.3 Å². The van der Waals surface area contributed by atoms with Gasteiger partial charge < -0.3 is 9.47 Å². The van der Waals surface area contributed by atoms with Crippen molar-refractivity contribution in [3.8, 4) is 11.5 Å². The minimum Gasteiger partial charge on any atom is -0.493 e. The maximum atomic E-state index is 5.89. The molecule has 0 saturated carbocycles. The molecule has 1 heterocycles. The van der Waals surface area contributed by atoms with E-state index in [1.165, 1.54) is 0 Å². The van der Waals surface area contributed by atoms with Gasteiger partial charge in [0.1, 0.15) is 6.61 Å². The van der Waals surface area contributed by atoms with Crippen molar-refractivity contribution in [3.63, 3.8) is 0 Å². The summed E-state index contributed by atoms with van der Waals surface area (Å²) in [6.07, 6.45) is 0. The van der Waals surface area contributed by atoms with Crippen molar-refractivity contribution in [2.45, 2.75) is 18.9 Å². The van der Waals surface area contributed by atoms with Crippen LogP contribution in [0.3, 0.4) is 0 Å². The lowest BCUT2D eigenvalue weighted by Crippen LogP contribution is -2.04. The molecule has 108 valence electrons. The summed E-state index contributed by atoms with van der Waals surface area (Å²) in [5.41, 5.74) is 3.09. The van der Waals surface area contributed by atoms with Gasteiger partial charge in [0.15, 0.2) is 11.5 Å². The Labute approximate surface area is 135 Å². The third-order valence-electron chi connectivity index (χ3n) is 3.01. The first kappa shape index (κ1) is 15.4. The lowest BCUT2D eigenvalue weighted by atomic mass is 10.2. The largest absolute Gasteiger partial charge is 0.493 e. The number of nitrogens with zero attached hydrogens (tertiary/aromatic N) is 2. The number of hydrogen-bond donors (Lipinski definition) is 0. The Hall–Kier alpha value is -1.01. The van der Waals surface area contributed by atoms with Crippen LogP contribution in [0.4, 0.5) is 0 Å². The van der Waals surface area contributed by atoms with E-state index in [-0.39, 0.29) is 0 Å². The van der Waals surface area contributed by atoms with E-state index in [9.17, 15) is 0 Å². The molecule has 0 saturated heterocycles. The predicted octanol–water partition coefficient (Wildman–Crippen LogP) is 3.97. The first-order valence-corrected chi connectivity index (χ1v) is 8.02. The molecule has 0 spiro atoms. The quantitative estimate of drug-likeness (QED) is 0.708. The number of methoxy groups -OCH3 is 1. The van der Waals surface area contributed by atoms with Crippen molar-refractivity contribution < 1.29 is 9.47 Å². The number of benzene rings is 1. The van der Waals surface area contributed by atoms with Crippen LogP contribution in [-0.4, -0.2) is 16.9 Å². The molecule has 0 bridgehead atoms. The van der Waals surface area contributed by atoms with Crippen LogP contribution in [0.15, 0.2) is 22.7 Å². The second-order valence-electron chi connectivity index (χ2n) is 4.38. The highest BCUT2D eigenvalue weighted by molar-refractivity contribution is 9.10. The molecule has 2 aromatic rings. The van der Waals surface area contributed by atoms with Crippen LogP contribution in [0.2, 0.25) is 0 Å². The first-order valence-electron chi connectivity index (χ1n) is 6.10. The van der Waals surface area contributed by atoms with E-state index in [1.54, 1.807) is 7.11 Å². The van der Waals surface area contributed by atoms with E-state index in [2.05, 4.69) is 37.0 Å². The molecule has 20 heavy (non-hydrogen) atoms. The van der Waals surface area contributed by atoms with E-state index in [1.807, 2.05) is 36.9 Å². The standard InChI is InChI=1S/C14H16Br2N2O2/c1-9-14(16)11(18(2)17-9)8-20-13-6-10(7-15)4-5-12(13)19-3/h4-6H,7-8H2,1-3H3. The molecule has 0 aliphatic rings. The normalized spacial score (nSPS) is 10.7. The second kappa shape index (κ2) is 6.63. The molecule has 2 rings (SSSR count). The van der Waals surface area contributed by atoms with Gasteiger partial charge in [-0.15, -0.1) is 0 Å². The molecule has 0 aliphatic carbocycles. The minimum absolute atomic E-state index is 0.431. The monoisotopic (exact) mass is 402 g/mol. The van der Waals surface area contributed by atoms with Gasteiger partial charge in [0.25, 0.3) is 0 Å². The zero-order chi connectivity index (χ0) is 14.7. The summed E-state index contributed by atoms with van der Waals surface area (Å²) < 4.78 is 14.0. The van der Waals surface area contributed by atoms with Crippen molar-refractivity contribution in [1.82, 2.24) is 9.78 Å². The lowest BCUT2D eigenvalue weighted by molar-refractivity contribution is 0.275. The Bertz CT molecular complexity index is 611. The molecule has 0 aliphatic heterocycles. The third kappa shape index (κ3) is 3.17. The van der Waals surface area contributed by atoms with Gasteiger partial charge in [-0.2, -0.15) is 5.10 Å². The molecule has 0 radical (unpaired) electrons. The van der Waals surface area contributed by atoms with Gasteiger partial charge in [-0.05, 0) is 40.5 Å². The smallest absolute Gasteiger partial charge is 0.162 e. The predicted molar refractivity (Wildman–Crippen MR) is 85.6 cm³/mol. The highest BCUT2D eigenvalue weighted by Gasteiger charge is 2.13. The molecule has 1 aromatic heterocycles. The van der Waals surface area contributed by atoms with Crippen LogP contribution >= 0.6 is 31.9 Å². The summed E-state index contributed by atoms with van der Waals surface area (Å²) >= 11 is 6.98. The number of halogens is 2. The molecule has 0 atom stereocenters. The van der Waals surface area contributed by atoms with Gasteiger partial charge >= 0.3 is 0 Å². The summed E-state index contributed by atoms with van der Waals surface area (Å²) in [5, 5.41) is 5.13. The van der Waals surface area contributed by atoms with Crippen molar-refractivity contribution in [2.24, 2.45) is 7.05 Å².